The van der Waals surface area contributed by atoms with E-state index in [4.69, 9.17) is 14.3 Å². The van der Waals surface area contributed by atoms with Gasteiger partial charge in [-0.1, -0.05) is 0 Å². The lowest BCUT2D eigenvalue weighted by molar-refractivity contribution is -0.110. The average molecular weight is 389 g/mol. The number of rotatable bonds is 5. The maximum absolute atomic E-state index is 13.2. The molecule has 0 aromatic heterocycles. The van der Waals surface area contributed by atoms with E-state index < -0.39 is 21.3 Å². The maximum Gasteiger partial charge on any atom is 0.221 e. The normalized spacial score (nSPS) is 25.9. The van der Waals surface area contributed by atoms with Crippen molar-refractivity contribution < 1.29 is 22.7 Å². The largest absolute Gasteiger partial charge is 0.497 e. The summed E-state index contributed by atoms with van der Waals surface area (Å²) < 4.78 is 38.8. The minimum Gasteiger partial charge on any atom is -0.497 e. The molecule has 0 spiro atoms. The van der Waals surface area contributed by atoms with Crippen molar-refractivity contribution in [1.82, 2.24) is 9.37 Å². The van der Waals surface area contributed by atoms with Gasteiger partial charge in [-0.25, -0.2) is 8.42 Å². The maximum atomic E-state index is 13.2. The molecule has 1 aromatic rings. The monoisotopic (exact) mass is 388 g/mol. The zero-order valence-electron chi connectivity index (χ0n) is 14.7. The van der Waals surface area contributed by atoms with Crippen LogP contribution in [0.15, 0.2) is 18.2 Å². The lowest BCUT2D eigenvalue weighted by Gasteiger charge is -2.31. The lowest BCUT2D eigenvalue weighted by Crippen LogP contribution is -2.45. The fourth-order valence-corrected chi connectivity index (χ4v) is 6.39. The number of sulfonamides is 1. The van der Waals surface area contributed by atoms with Gasteiger partial charge in [0.15, 0.2) is 0 Å². The van der Waals surface area contributed by atoms with Gasteiger partial charge in [0.2, 0.25) is 10.0 Å². The fraction of sp³-hybridized carbons (Fsp3) is 0.625. The summed E-state index contributed by atoms with van der Waals surface area (Å²) in [4.78, 5) is 5.61. The van der Waals surface area contributed by atoms with Gasteiger partial charge in [0.1, 0.15) is 16.7 Å². The van der Waals surface area contributed by atoms with Crippen molar-refractivity contribution in [3.05, 3.63) is 23.8 Å². The molecule has 7 nitrogen and oxygen atoms in total. The summed E-state index contributed by atoms with van der Waals surface area (Å²) in [6.07, 6.45) is 0. The van der Waals surface area contributed by atoms with Crippen LogP contribution in [-0.2, 0) is 14.9 Å². The first-order valence-electron chi connectivity index (χ1n) is 8.13. The lowest BCUT2D eigenvalue weighted by atomic mass is 10.0. The Balaban J connectivity index is 1.99. The third-order valence-corrected chi connectivity index (χ3v) is 7.84. The highest BCUT2D eigenvalue weighted by molar-refractivity contribution is 7.99. The summed E-state index contributed by atoms with van der Waals surface area (Å²) in [5.74, 6) is 2.94. The molecule has 1 aromatic carbocycles. The van der Waals surface area contributed by atoms with Crippen LogP contribution in [0.3, 0.4) is 0 Å². The minimum atomic E-state index is -3.48. The number of ether oxygens (including phenoxy) is 2. The first kappa shape index (κ1) is 18.8. The molecule has 0 unspecified atom stereocenters. The molecule has 0 bridgehead atoms. The van der Waals surface area contributed by atoms with Crippen LogP contribution < -0.4 is 9.47 Å². The van der Waals surface area contributed by atoms with Gasteiger partial charge in [-0.05, 0) is 18.2 Å². The Morgan fingerprint density at radius 2 is 1.92 bits per heavy atom. The summed E-state index contributed by atoms with van der Waals surface area (Å²) in [5, 5.41) is 0.930. The number of benzene rings is 1. The van der Waals surface area contributed by atoms with E-state index in [9.17, 15) is 8.42 Å². The molecular weight excluding hydrogens is 364 g/mol. The van der Waals surface area contributed by atoms with Crippen molar-refractivity contribution in [2.45, 2.75) is 11.3 Å². The SMILES string of the molecule is COc1ccc(OC)c([C@@H]2[C@@H](S(=O)(=O)N3CCSCC3)CON2C)c1. The Kier molecular flexibility index (Phi) is 5.79. The van der Waals surface area contributed by atoms with Crippen LogP contribution in [0, 0.1) is 0 Å². The standard InChI is InChI=1S/C16H24N2O5S2/c1-17-16(13-10-12(21-2)4-5-14(13)22-3)15(11-23-17)25(19,20)18-6-8-24-9-7-18/h4-5,10,15-16H,6-9,11H2,1-3H3/t15-,16+/m0/s1. The van der Waals surface area contributed by atoms with Crippen molar-refractivity contribution in [3.8, 4) is 11.5 Å². The van der Waals surface area contributed by atoms with Gasteiger partial charge in [-0.3, -0.25) is 4.84 Å². The Labute approximate surface area is 153 Å². The van der Waals surface area contributed by atoms with E-state index in [0.717, 1.165) is 17.1 Å². The van der Waals surface area contributed by atoms with E-state index in [-0.39, 0.29) is 6.61 Å². The fourth-order valence-electron chi connectivity index (χ4n) is 3.30. The van der Waals surface area contributed by atoms with Gasteiger partial charge in [0.05, 0.1) is 26.9 Å². The van der Waals surface area contributed by atoms with Crippen LogP contribution in [0.5, 0.6) is 11.5 Å². The van der Waals surface area contributed by atoms with Gasteiger partial charge in [-0.2, -0.15) is 21.1 Å². The molecule has 9 heteroatoms. The summed E-state index contributed by atoms with van der Waals surface area (Å²) in [5.41, 5.74) is 0.752. The van der Waals surface area contributed by atoms with Crippen LogP contribution in [0.25, 0.3) is 0 Å². The number of hydrogen-bond acceptors (Lipinski definition) is 7. The third kappa shape index (κ3) is 3.61. The molecule has 3 rings (SSSR count). The van der Waals surface area contributed by atoms with E-state index in [1.807, 2.05) is 6.07 Å². The van der Waals surface area contributed by atoms with E-state index in [2.05, 4.69) is 0 Å². The summed E-state index contributed by atoms with van der Waals surface area (Å²) in [6.45, 7) is 1.23. The number of methoxy groups -OCH3 is 2. The molecule has 2 saturated heterocycles. The first-order valence-corrected chi connectivity index (χ1v) is 10.8. The number of hydroxylamine groups is 2. The molecule has 2 aliphatic heterocycles. The van der Waals surface area contributed by atoms with Gasteiger partial charge >= 0.3 is 0 Å². The second kappa shape index (κ2) is 7.71. The Bertz CT molecular complexity index is 706. The second-order valence-electron chi connectivity index (χ2n) is 5.99. The molecule has 0 aliphatic carbocycles. The van der Waals surface area contributed by atoms with Gasteiger partial charge in [0, 0.05) is 37.2 Å². The van der Waals surface area contributed by atoms with E-state index >= 15 is 0 Å². The zero-order valence-corrected chi connectivity index (χ0v) is 16.3. The van der Waals surface area contributed by atoms with Gasteiger partial charge < -0.3 is 9.47 Å². The molecule has 2 atom stereocenters. The highest BCUT2D eigenvalue weighted by Gasteiger charge is 2.47. The van der Waals surface area contributed by atoms with E-state index in [0.29, 0.717) is 24.6 Å². The van der Waals surface area contributed by atoms with Crippen LogP contribution in [0.4, 0.5) is 0 Å². The van der Waals surface area contributed by atoms with E-state index in [1.165, 1.54) is 0 Å². The minimum absolute atomic E-state index is 0.132. The van der Waals surface area contributed by atoms with Crippen molar-refractivity contribution in [2.75, 3.05) is 52.5 Å². The molecule has 2 fully saturated rings. The topological polar surface area (TPSA) is 68.3 Å². The highest BCUT2D eigenvalue weighted by Crippen LogP contribution is 2.40. The smallest absolute Gasteiger partial charge is 0.221 e. The molecular formula is C16H24N2O5S2. The molecule has 0 radical (unpaired) electrons. The van der Waals surface area contributed by atoms with Crippen LogP contribution in [0.1, 0.15) is 11.6 Å². The van der Waals surface area contributed by atoms with E-state index in [1.54, 1.807) is 54.5 Å². The van der Waals surface area contributed by atoms with Crippen LogP contribution in [-0.4, -0.2) is 75.5 Å². The molecule has 2 heterocycles. The van der Waals surface area contributed by atoms with Crippen LogP contribution in [0.2, 0.25) is 0 Å². The number of hydrogen-bond donors (Lipinski definition) is 0. The molecule has 25 heavy (non-hydrogen) atoms. The van der Waals surface area contributed by atoms with Crippen molar-refractivity contribution >= 4 is 21.8 Å². The summed E-state index contributed by atoms with van der Waals surface area (Å²) >= 11 is 1.78. The number of nitrogens with zero attached hydrogens (tertiary/aromatic N) is 2. The average Bonchev–Trinajstić information content (AvgIpc) is 3.04. The highest BCUT2D eigenvalue weighted by atomic mass is 32.2. The summed E-state index contributed by atoms with van der Waals surface area (Å²) in [6, 6.07) is 4.96. The van der Waals surface area contributed by atoms with Crippen LogP contribution >= 0.6 is 11.8 Å². The number of thioether (sulfide) groups is 1. The molecule has 0 N–H and O–H groups in total. The second-order valence-corrected chi connectivity index (χ2v) is 9.37. The van der Waals surface area contributed by atoms with Gasteiger partial charge in [-0.15, -0.1) is 0 Å². The molecule has 140 valence electrons. The zero-order chi connectivity index (χ0) is 18.0. The van der Waals surface area contributed by atoms with Crippen molar-refractivity contribution in [2.24, 2.45) is 0 Å². The molecule has 0 amide bonds. The first-order chi connectivity index (χ1) is 12.0. The Morgan fingerprint density at radius 1 is 1.20 bits per heavy atom. The quantitative estimate of drug-likeness (QED) is 0.755. The van der Waals surface area contributed by atoms with Crippen molar-refractivity contribution in [1.29, 1.82) is 0 Å². The molecule has 0 saturated carbocycles. The Morgan fingerprint density at radius 3 is 2.56 bits per heavy atom. The Hall–Kier alpha value is -1.00. The van der Waals surface area contributed by atoms with Gasteiger partial charge in [0.25, 0.3) is 0 Å². The predicted octanol–water partition coefficient (Wildman–Crippen LogP) is 1.37. The molecule has 2 aliphatic rings. The third-order valence-electron chi connectivity index (χ3n) is 4.65. The summed E-state index contributed by atoms with van der Waals surface area (Å²) in [7, 11) is 1.43. The predicted molar refractivity (Wildman–Crippen MR) is 97.6 cm³/mol. The van der Waals surface area contributed by atoms with Crippen molar-refractivity contribution in [3.63, 3.8) is 0 Å².